The maximum Gasteiger partial charge on any atom is 0.408 e. The SMILES string of the molecule is CCCCCCCCN(C(=O)C(NC(=O)OC(C)(C)C)C(C)C)C(C(=O)NCCCC)c1cccc(C)c1. The number of amides is 3. The number of benzene rings is 1. The van der Waals surface area contributed by atoms with E-state index in [1.807, 2.05) is 45.0 Å². The molecule has 216 valence electrons. The largest absolute Gasteiger partial charge is 0.444 e. The lowest BCUT2D eigenvalue weighted by Gasteiger charge is -2.36. The van der Waals surface area contributed by atoms with Crippen molar-refractivity contribution in [3.8, 4) is 0 Å². The van der Waals surface area contributed by atoms with Crippen molar-refractivity contribution < 1.29 is 19.1 Å². The molecule has 0 saturated carbocycles. The lowest BCUT2D eigenvalue weighted by molar-refractivity contribution is -0.143. The summed E-state index contributed by atoms with van der Waals surface area (Å²) >= 11 is 0. The molecule has 7 heteroatoms. The first-order valence-corrected chi connectivity index (χ1v) is 14.6. The molecular weight excluding hydrogens is 478 g/mol. The molecule has 0 fully saturated rings. The Labute approximate surface area is 231 Å². The zero-order valence-electron chi connectivity index (χ0n) is 25.2. The Morgan fingerprint density at radius 3 is 2.16 bits per heavy atom. The van der Waals surface area contributed by atoms with E-state index in [9.17, 15) is 14.4 Å². The van der Waals surface area contributed by atoms with Gasteiger partial charge in [0, 0.05) is 13.1 Å². The number of alkyl carbamates (subject to hydrolysis) is 1. The third-order valence-electron chi connectivity index (χ3n) is 6.39. The zero-order chi connectivity index (χ0) is 28.7. The molecule has 0 aliphatic carbocycles. The third kappa shape index (κ3) is 12.3. The summed E-state index contributed by atoms with van der Waals surface area (Å²) in [5.41, 5.74) is 1.11. The number of ether oxygens (including phenoxy) is 1. The summed E-state index contributed by atoms with van der Waals surface area (Å²) in [6.07, 6.45) is 7.59. The molecule has 0 saturated heterocycles. The first-order valence-electron chi connectivity index (χ1n) is 14.6. The molecule has 3 amide bonds. The lowest BCUT2D eigenvalue weighted by atomic mass is 9.97. The molecule has 2 unspecified atom stereocenters. The molecule has 0 bridgehead atoms. The number of carbonyl (C=O) groups excluding carboxylic acids is 3. The van der Waals surface area contributed by atoms with E-state index in [0.717, 1.165) is 49.7 Å². The van der Waals surface area contributed by atoms with Crippen LogP contribution in [-0.4, -0.2) is 47.5 Å². The molecule has 7 nitrogen and oxygen atoms in total. The van der Waals surface area contributed by atoms with Crippen molar-refractivity contribution in [2.45, 2.75) is 124 Å². The first-order chi connectivity index (χ1) is 17.9. The molecule has 2 N–H and O–H groups in total. The van der Waals surface area contributed by atoms with Crippen molar-refractivity contribution in [3.63, 3.8) is 0 Å². The Kier molecular flexibility index (Phi) is 15.1. The van der Waals surface area contributed by atoms with Gasteiger partial charge in [0.15, 0.2) is 0 Å². The predicted octanol–water partition coefficient (Wildman–Crippen LogP) is 6.69. The van der Waals surface area contributed by atoms with Crippen LogP contribution >= 0.6 is 0 Å². The molecule has 0 aliphatic rings. The normalized spacial score (nSPS) is 13.1. The average molecular weight is 532 g/mol. The van der Waals surface area contributed by atoms with Gasteiger partial charge in [-0.3, -0.25) is 9.59 Å². The maximum atomic E-state index is 14.2. The van der Waals surface area contributed by atoms with Gasteiger partial charge in [0.25, 0.3) is 0 Å². The minimum Gasteiger partial charge on any atom is -0.444 e. The van der Waals surface area contributed by atoms with Crippen molar-refractivity contribution in [2.24, 2.45) is 5.92 Å². The molecule has 0 spiro atoms. The molecule has 0 aliphatic heterocycles. The number of hydrogen-bond donors (Lipinski definition) is 2. The Morgan fingerprint density at radius 1 is 0.947 bits per heavy atom. The van der Waals surface area contributed by atoms with Crippen molar-refractivity contribution in [3.05, 3.63) is 35.4 Å². The highest BCUT2D eigenvalue weighted by Crippen LogP contribution is 2.26. The van der Waals surface area contributed by atoms with Crippen LogP contribution in [0.3, 0.4) is 0 Å². The molecule has 1 rings (SSSR count). The zero-order valence-corrected chi connectivity index (χ0v) is 25.2. The van der Waals surface area contributed by atoms with Crippen LogP contribution in [0.25, 0.3) is 0 Å². The monoisotopic (exact) mass is 531 g/mol. The van der Waals surface area contributed by atoms with Crippen LogP contribution in [-0.2, 0) is 14.3 Å². The van der Waals surface area contributed by atoms with E-state index in [2.05, 4.69) is 24.5 Å². The van der Waals surface area contributed by atoms with Crippen molar-refractivity contribution >= 4 is 17.9 Å². The summed E-state index contributed by atoms with van der Waals surface area (Å²) in [5.74, 6) is -0.650. The van der Waals surface area contributed by atoms with Gasteiger partial charge in [-0.2, -0.15) is 0 Å². The quantitative estimate of drug-likeness (QED) is 0.233. The summed E-state index contributed by atoms with van der Waals surface area (Å²) in [6.45, 7) is 16.4. The van der Waals surface area contributed by atoms with Crippen LogP contribution in [0.4, 0.5) is 4.79 Å². The topological polar surface area (TPSA) is 87.7 Å². The van der Waals surface area contributed by atoms with E-state index in [0.29, 0.717) is 13.1 Å². The van der Waals surface area contributed by atoms with Crippen LogP contribution < -0.4 is 10.6 Å². The fourth-order valence-corrected chi connectivity index (χ4v) is 4.35. The predicted molar refractivity (Wildman–Crippen MR) is 155 cm³/mol. The molecule has 2 atom stereocenters. The van der Waals surface area contributed by atoms with Gasteiger partial charge in [0.1, 0.15) is 17.7 Å². The Balaban J connectivity index is 3.37. The van der Waals surface area contributed by atoms with Crippen LogP contribution in [0, 0.1) is 12.8 Å². The summed E-state index contributed by atoms with van der Waals surface area (Å²) < 4.78 is 5.46. The summed E-state index contributed by atoms with van der Waals surface area (Å²) in [6, 6.07) is 6.18. The molecule has 1 aromatic carbocycles. The fourth-order valence-electron chi connectivity index (χ4n) is 4.35. The van der Waals surface area contributed by atoms with E-state index >= 15 is 0 Å². The van der Waals surface area contributed by atoms with Gasteiger partial charge in [-0.15, -0.1) is 0 Å². The third-order valence-corrected chi connectivity index (χ3v) is 6.39. The van der Waals surface area contributed by atoms with Gasteiger partial charge in [0.05, 0.1) is 0 Å². The number of hydrogen-bond acceptors (Lipinski definition) is 4. The van der Waals surface area contributed by atoms with Crippen molar-refractivity contribution in [2.75, 3.05) is 13.1 Å². The Bertz CT molecular complexity index is 863. The molecule has 0 heterocycles. The van der Waals surface area contributed by atoms with Gasteiger partial charge >= 0.3 is 6.09 Å². The van der Waals surface area contributed by atoms with Gasteiger partial charge in [-0.25, -0.2) is 4.79 Å². The van der Waals surface area contributed by atoms with Gasteiger partial charge < -0.3 is 20.3 Å². The van der Waals surface area contributed by atoms with Gasteiger partial charge in [-0.1, -0.05) is 96.0 Å². The van der Waals surface area contributed by atoms with Crippen LogP contribution in [0.15, 0.2) is 24.3 Å². The lowest BCUT2D eigenvalue weighted by Crippen LogP contribution is -2.55. The summed E-state index contributed by atoms with van der Waals surface area (Å²) in [7, 11) is 0. The Morgan fingerprint density at radius 2 is 1.58 bits per heavy atom. The minimum atomic E-state index is -0.819. The number of nitrogens with zero attached hydrogens (tertiary/aromatic N) is 1. The maximum absolute atomic E-state index is 14.2. The van der Waals surface area contributed by atoms with E-state index in [1.54, 1.807) is 25.7 Å². The highest BCUT2D eigenvalue weighted by Gasteiger charge is 2.37. The highest BCUT2D eigenvalue weighted by molar-refractivity contribution is 5.92. The van der Waals surface area contributed by atoms with E-state index in [4.69, 9.17) is 4.74 Å². The minimum absolute atomic E-state index is 0.191. The van der Waals surface area contributed by atoms with Gasteiger partial charge in [-0.05, 0) is 52.0 Å². The fraction of sp³-hybridized carbons (Fsp3) is 0.710. The molecule has 0 aromatic heterocycles. The number of nitrogens with one attached hydrogen (secondary N) is 2. The summed E-state index contributed by atoms with van der Waals surface area (Å²) in [5, 5.41) is 5.85. The summed E-state index contributed by atoms with van der Waals surface area (Å²) in [4.78, 5) is 42.1. The second kappa shape index (κ2) is 17.1. The van der Waals surface area contributed by atoms with Crippen LogP contribution in [0.2, 0.25) is 0 Å². The second-order valence-corrected chi connectivity index (χ2v) is 11.6. The smallest absolute Gasteiger partial charge is 0.408 e. The van der Waals surface area contributed by atoms with Crippen molar-refractivity contribution in [1.29, 1.82) is 0 Å². The first kappa shape index (κ1) is 33.5. The van der Waals surface area contributed by atoms with E-state index < -0.39 is 23.8 Å². The molecular formula is C31H53N3O4. The number of carbonyl (C=O) groups is 3. The number of unbranched alkanes of at least 4 members (excludes halogenated alkanes) is 6. The molecule has 38 heavy (non-hydrogen) atoms. The highest BCUT2D eigenvalue weighted by atomic mass is 16.6. The average Bonchev–Trinajstić information content (AvgIpc) is 2.82. The standard InChI is InChI=1S/C31H53N3O4/c1-9-11-13-14-15-16-21-34(29(36)26(23(3)4)33-30(37)38-31(6,7)8)27(28(35)32-20-12-10-2)25-19-17-18-24(5)22-25/h17-19,22-23,26-27H,9-16,20-21H2,1-8H3,(H,32,35)(H,33,37). The number of rotatable bonds is 16. The molecule has 0 radical (unpaired) electrons. The van der Waals surface area contributed by atoms with E-state index in [-0.39, 0.29) is 17.7 Å². The van der Waals surface area contributed by atoms with Gasteiger partial charge in [0.2, 0.25) is 11.8 Å². The molecule has 1 aromatic rings. The van der Waals surface area contributed by atoms with E-state index in [1.165, 1.54) is 12.8 Å². The Hall–Kier alpha value is -2.57. The van der Waals surface area contributed by atoms with Crippen molar-refractivity contribution in [1.82, 2.24) is 15.5 Å². The second-order valence-electron chi connectivity index (χ2n) is 11.6. The number of aryl methyl sites for hydroxylation is 1. The van der Waals surface area contributed by atoms with Crippen LogP contribution in [0.1, 0.15) is 117 Å². The van der Waals surface area contributed by atoms with Crippen LogP contribution in [0.5, 0.6) is 0 Å².